The van der Waals surface area contributed by atoms with Crippen molar-refractivity contribution in [2.75, 3.05) is 0 Å². The highest BCUT2D eigenvalue weighted by Crippen LogP contribution is 2.44. The lowest BCUT2D eigenvalue weighted by Gasteiger charge is -2.02. The summed E-state index contributed by atoms with van der Waals surface area (Å²) in [5.41, 5.74) is 0.104. The minimum absolute atomic E-state index is 0.0440. The predicted molar refractivity (Wildman–Crippen MR) is 38.4 cm³/mol. The third-order valence-corrected chi connectivity index (χ3v) is 2.43. The third-order valence-electron chi connectivity index (χ3n) is 1.82. The SMILES string of the molecule is CC1(C)CC1NS(N)(=O)=O. The van der Waals surface area contributed by atoms with Crippen molar-refractivity contribution in [1.82, 2.24) is 4.72 Å². The lowest BCUT2D eigenvalue weighted by Crippen LogP contribution is -2.34. The zero-order chi connectivity index (χ0) is 7.99. The number of hydrogen-bond acceptors (Lipinski definition) is 2. The van der Waals surface area contributed by atoms with Gasteiger partial charge in [-0.1, -0.05) is 13.8 Å². The van der Waals surface area contributed by atoms with Crippen LogP contribution in [0.4, 0.5) is 0 Å². The van der Waals surface area contributed by atoms with Crippen LogP contribution in [0, 0.1) is 5.41 Å². The molecule has 1 fully saturated rings. The highest BCUT2D eigenvalue weighted by atomic mass is 32.2. The minimum Gasteiger partial charge on any atom is -0.216 e. The second-order valence-corrected chi connectivity index (χ2v) is 4.73. The quantitative estimate of drug-likeness (QED) is 0.581. The monoisotopic (exact) mass is 164 g/mol. The largest absolute Gasteiger partial charge is 0.274 e. The smallest absolute Gasteiger partial charge is 0.216 e. The molecule has 1 rings (SSSR count). The summed E-state index contributed by atoms with van der Waals surface area (Å²) in [7, 11) is -3.48. The summed E-state index contributed by atoms with van der Waals surface area (Å²) in [5, 5.41) is 4.76. The Morgan fingerprint density at radius 1 is 1.60 bits per heavy atom. The molecule has 10 heavy (non-hydrogen) atoms. The van der Waals surface area contributed by atoms with Crippen LogP contribution in [0.25, 0.3) is 0 Å². The van der Waals surface area contributed by atoms with Gasteiger partial charge in [0.25, 0.3) is 10.2 Å². The van der Waals surface area contributed by atoms with Gasteiger partial charge in [-0.05, 0) is 11.8 Å². The molecule has 0 aromatic carbocycles. The van der Waals surface area contributed by atoms with Gasteiger partial charge in [0.15, 0.2) is 0 Å². The molecule has 0 bridgehead atoms. The number of hydrogen-bond donors (Lipinski definition) is 2. The minimum atomic E-state index is -3.48. The average molecular weight is 164 g/mol. The fourth-order valence-electron chi connectivity index (χ4n) is 0.867. The van der Waals surface area contributed by atoms with Gasteiger partial charge in [-0.2, -0.15) is 13.1 Å². The topological polar surface area (TPSA) is 72.2 Å². The lowest BCUT2D eigenvalue weighted by molar-refractivity contribution is 0.556. The molecule has 0 heterocycles. The van der Waals surface area contributed by atoms with E-state index in [4.69, 9.17) is 5.14 Å². The van der Waals surface area contributed by atoms with Gasteiger partial charge in [0.2, 0.25) is 0 Å². The Morgan fingerprint density at radius 3 is 2.10 bits per heavy atom. The highest BCUT2D eigenvalue weighted by Gasteiger charge is 2.47. The first kappa shape index (κ1) is 7.97. The van der Waals surface area contributed by atoms with Crippen LogP contribution in [0.15, 0.2) is 0 Å². The van der Waals surface area contributed by atoms with E-state index in [-0.39, 0.29) is 11.5 Å². The van der Waals surface area contributed by atoms with Crippen molar-refractivity contribution >= 4 is 10.2 Å². The van der Waals surface area contributed by atoms with E-state index in [2.05, 4.69) is 4.72 Å². The predicted octanol–water partition coefficient (Wildman–Crippen LogP) is -0.422. The molecule has 1 unspecified atom stereocenters. The van der Waals surface area contributed by atoms with E-state index in [0.29, 0.717) is 0 Å². The van der Waals surface area contributed by atoms with Gasteiger partial charge >= 0.3 is 0 Å². The van der Waals surface area contributed by atoms with Gasteiger partial charge in [0.05, 0.1) is 0 Å². The first-order chi connectivity index (χ1) is 4.31. The van der Waals surface area contributed by atoms with Crippen molar-refractivity contribution < 1.29 is 8.42 Å². The van der Waals surface area contributed by atoms with Crippen molar-refractivity contribution in [3.05, 3.63) is 0 Å². The van der Waals surface area contributed by atoms with Crippen LogP contribution in [0.2, 0.25) is 0 Å². The molecule has 0 spiro atoms. The van der Waals surface area contributed by atoms with Crippen LogP contribution in [0.5, 0.6) is 0 Å². The normalized spacial score (nSPS) is 30.1. The maximum absolute atomic E-state index is 10.4. The summed E-state index contributed by atoms with van der Waals surface area (Å²) >= 11 is 0. The van der Waals surface area contributed by atoms with Gasteiger partial charge in [0.1, 0.15) is 0 Å². The Balaban J connectivity index is 2.46. The van der Waals surface area contributed by atoms with Crippen molar-refractivity contribution in [2.45, 2.75) is 26.3 Å². The van der Waals surface area contributed by atoms with Gasteiger partial charge in [-0.3, -0.25) is 0 Å². The van der Waals surface area contributed by atoms with E-state index >= 15 is 0 Å². The van der Waals surface area contributed by atoms with Crippen LogP contribution in [0.3, 0.4) is 0 Å². The fraction of sp³-hybridized carbons (Fsp3) is 1.00. The molecule has 1 aliphatic carbocycles. The van der Waals surface area contributed by atoms with Gasteiger partial charge in [0, 0.05) is 6.04 Å². The average Bonchev–Trinajstić information content (AvgIpc) is 2.05. The van der Waals surface area contributed by atoms with Crippen LogP contribution >= 0.6 is 0 Å². The maximum atomic E-state index is 10.4. The van der Waals surface area contributed by atoms with Crippen LogP contribution < -0.4 is 9.86 Å². The molecule has 1 atom stereocenters. The summed E-state index contributed by atoms with van der Waals surface area (Å²) in [6.07, 6.45) is 0.878. The third kappa shape index (κ3) is 1.93. The van der Waals surface area contributed by atoms with Crippen molar-refractivity contribution in [3.8, 4) is 0 Å². The summed E-state index contributed by atoms with van der Waals surface area (Å²) in [5.74, 6) is 0. The molecular formula is C5H12N2O2S. The van der Waals surface area contributed by atoms with E-state index < -0.39 is 10.2 Å². The molecule has 1 saturated carbocycles. The molecule has 0 aromatic heterocycles. The summed E-state index contributed by atoms with van der Waals surface area (Å²) < 4.78 is 23.2. The Labute approximate surface area is 61.0 Å². The molecule has 1 aliphatic rings. The van der Waals surface area contributed by atoms with Crippen molar-refractivity contribution in [3.63, 3.8) is 0 Å². The Morgan fingerprint density at radius 2 is 2.00 bits per heavy atom. The van der Waals surface area contributed by atoms with Crippen LogP contribution in [0.1, 0.15) is 20.3 Å². The van der Waals surface area contributed by atoms with Crippen LogP contribution in [-0.4, -0.2) is 14.5 Å². The zero-order valence-corrected chi connectivity index (χ0v) is 6.90. The van der Waals surface area contributed by atoms with E-state index in [1.54, 1.807) is 0 Å². The summed E-state index contributed by atoms with van der Waals surface area (Å²) in [6, 6.07) is 0.0440. The number of rotatable bonds is 2. The standard InChI is InChI=1S/C5H12N2O2S/c1-5(2)3-4(5)7-10(6,8)9/h4,7H,3H2,1-2H3,(H2,6,8,9). The number of nitrogens with one attached hydrogen (secondary N) is 1. The van der Waals surface area contributed by atoms with Crippen LogP contribution in [-0.2, 0) is 10.2 Å². The second kappa shape index (κ2) is 1.93. The summed E-state index contributed by atoms with van der Waals surface area (Å²) in [6.45, 7) is 3.99. The first-order valence-electron chi connectivity index (χ1n) is 3.11. The molecule has 0 aliphatic heterocycles. The molecule has 3 N–H and O–H groups in total. The molecule has 0 aromatic rings. The maximum Gasteiger partial charge on any atom is 0.274 e. The van der Waals surface area contributed by atoms with Crippen molar-refractivity contribution in [1.29, 1.82) is 0 Å². The molecule has 0 saturated heterocycles. The Bertz CT molecular complexity index is 232. The second-order valence-electron chi connectivity index (χ2n) is 3.41. The molecule has 5 heteroatoms. The van der Waals surface area contributed by atoms with Gasteiger partial charge in [-0.15, -0.1) is 0 Å². The van der Waals surface area contributed by atoms with Gasteiger partial charge in [-0.25, -0.2) is 5.14 Å². The molecule has 0 amide bonds. The zero-order valence-electron chi connectivity index (χ0n) is 6.09. The van der Waals surface area contributed by atoms with Gasteiger partial charge < -0.3 is 0 Å². The van der Waals surface area contributed by atoms with E-state index in [1.807, 2.05) is 13.8 Å². The van der Waals surface area contributed by atoms with E-state index in [0.717, 1.165) is 6.42 Å². The molecule has 0 radical (unpaired) electrons. The summed E-state index contributed by atoms with van der Waals surface area (Å²) in [4.78, 5) is 0. The molecule has 4 nitrogen and oxygen atoms in total. The van der Waals surface area contributed by atoms with E-state index in [9.17, 15) is 8.42 Å². The lowest BCUT2D eigenvalue weighted by atomic mass is 10.2. The molecular weight excluding hydrogens is 152 g/mol. The Kier molecular flexibility index (Phi) is 1.54. The number of nitrogens with two attached hydrogens (primary N) is 1. The Hall–Kier alpha value is -0.130. The van der Waals surface area contributed by atoms with E-state index in [1.165, 1.54) is 0 Å². The molecule has 60 valence electrons. The van der Waals surface area contributed by atoms with Crippen molar-refractivity contribution in [2.24, 2.45) is 10.6 Å². The highest BCUT2D eigenvalue weighted by molar-refractivity contribution is 7.87. The fourth-order valence-corrected chi connectivity index (χ4v) is 1.67. The first-order valence-corrected chi connectivity index (χ1v) is 4.66.